The largest absolute Gasteiger partial charge is 0.497 e. The van der Waals surface area contributed by atoms with Gasteiger partial charge in [0.15, 0.2) is 11.3 Å². The Bertz CT molecular complexity index is 961. The first kappa shape index (κ1) is 16.6. The predicted octanol–water partition coefficient (Wildman–Crippen LogP) is 3.57. The average molecular weight is 338 g/mol. The van der Waals surface area contributed by atoms with Crippen LogP contribution in [-0.4, -0.2) is 19.6 Å². The molecular formula is C19H18N2O4. The van der Waals surface area contributed by atoms with Crippen molar-refractivity contribution in [3.8, 4) is 11.5 Å². The van der Waals surface area contributed by atoms with Crippen LogP contribution in [0, 0.1) is 5.41 Å². The first-order valence-electron chi connectivity index (χ1n) is 7.82. The van der Waals surface area contributed by atoms with Crippen LogP contribution in [0.2, 0.25) is 0 Å². The number of para-hydroxylation sites is 1. The lowest BCUT2D eigenvalue weighted by Gasteiger charge is -2.09. The molecule has 0 radical (unpaired) electrons. The summed E-state index contributed by atoms with van der Waals surface area (Å²) in [5.74, 6) is 0.835. The summed E-state index contributed by atoms with van der Waals surface area (Å²) in [5.41, 5.74) is 0.992. The summed E-state index contributed by atoms with van der Waals surface area (Å²) in [6.45, 7) is 2.36. The van der Waals surface area contributed by atoms with E-state index in [0.29, 0.717) is 34.8 Å². The van der Waals surface area contributed by atoms with Gasteiger partial charge in [-0.15, -0.1) is 0 Å². The van der Waals surface area contributed by atoms with E-state index in [1.165, 1.54) is 0 Å². The molecule has 1 aromatic heterocycles. The Morgan fingerprint density at radius 2 is 1.96 bits per heavy atom. The Morgan fingerprint density at radius 1 is 1.20 bits per heavy atom. The van der Waals surface area contributed by atoms with Crippen LogP contribution in [0.5, 0.6) is 11.5 Å². The number of carbonyl (C=O) groups excluding carboxylic acids is 1. The minimum absolute atomic E-state index is 0.150. The van der Waals surface area contributed by atoms with Crippen molar-refractivity contribution in [1.82, 2.24) is 0 Å². The van der Waals surface area contributed by atoms with Crippen molar-refractivity contribution in [3.05, 3.63) is 59.6 Å². The second-order valence-electron chi connectivity index (χ2n) is 5.28. The number of anilines is 1. The molecule has 3 aromatic rings. The maximum Gasteiger partial charge on any atom is 0.261 e. The van der Waals surface area contributed by atoms with E-state index in [0.717, 1.165) is 0 Å². The normalized spacial score (nSPS) is 10.5. The number of amides is 1. The minimum atomic E-state index is -0.414. The number of nitrogens with one attached hydrogen (secondary N) is 2. The summed E-state index contributed by atoms with van der Waals surface area (Å²) in [4.78, 5) is 12.5. The number of ether oxygens (including phenoxy) is 2. The lowest BCUT2D eigenvalue weighted by molar-refractivity contribution is 0.102. The van der Waals surface area contributed by atoms with Gasteiger partial charge in [0.05, 0.1) is 13.7 Å². The van der Waals surface area contributed by atoms with E-state index >= 15 is 0 Å². The highest BCUT2D eigenvalue weighted by molar-refractivity contribution is 6.05. The molecule has 6 heteroatoms. The molecule has 6 nitrogen and oxygen atoms in total. The number of hydrogen-bond acceptors (Lipinski definition) is 5. The van der Waals surface area contributed by atoms with Crippen LogP contribution in [0.3, 0.4) is 0 Å². The molecule has 1 amide bonds. The monoisotopic (exact) mass is 338 g/mol. The van der Waals surface area contributed by atoms with Gasteiger partial charge in [0.1, 0.15) is 11.3 Å². The van der Waals surface area contributed by atoms with Crippen molar-refractivity contribution in [2.24, 2.45) is 0 Å². The molecule has 3 rings (SSSR count). The van der Waals surface area contributed by atoms with E-state index in [9.17, 15) is 4.79 Å². The molecule has 0 aliphatic carbocycles. The van der Waals surface area contributed by atoms with Crippen LogP contribution in [0.15, 0.2) is 52.9 Å². The van der Waals surface area contributed by atoms with E-state index in [2.05, 4.69) is 5.32 Å². The van der Waals surface area contributed by atoms with Gasteiger partial charge in [0, 0.05) is 11.1 Å². The molecule has 2 aromatic carbocycles. The predicted molar refractivity (Wildman–Crippen MR) is 94.2 cm³/mol. The summed E-state index contributed by atoms with van der Waals surface area (Å²) in [7, 11) is 1.58. The zero-order chi connectivity index (χ0) is 17.8. The van der Waals surface area contributed by atoms with Crippen molar-refractivity contribution in [2.75, 3.05) is 19.0 Å². The van der Waals surface area contributed by atoms with Crippen molar-refractivity contribution in [2.45, 2.75) is 6.92 Å². The smallest absolute Gasteiger partial charge is 0.261 e. The van der Waals surface area contributed by atoms with Gasteiger partial charge in [-0.25, -0.2) is 0 Å². The molecule has 0 spiro atoms. The van der Waals surface area contributed by atoms with E-state index in [1.807, 2.05) is 19.1 Å². The first-order valence-corrected chi connectivity index (χ1v) is 7.82. The van der Waals surface area contributed by atoms with Crippen molar-refractivity contribution in [1.29, 1.82) is 5.41 Å². The first-order chi connectivity index (χ1) is 12.1. The quantitative estimate of drug-likeness (QED) is 0.745. The van der Waals surface area contributed by atoms with Crippen LogP contribution >= 0.6 is 0 Å². The van der Waals surface area contributed by atoms with Gasteiger partial charge >= 0.3 is 0 Å². The highest BCUT2D eigenvalue weighted by Gasteiger charge is 2.14. The Morgan fingerprint density at radius 3 is 2.64 bits per heavy atom. The number of carbonyl (C=O) groups is 1. The summed E-state index contributed by atoms with van der Waals surface area (Å²) in [6.07, 6.45) is 0. The molecule has 128 valence electrons. The van der Waals surface area contributed by atoms with Gasteiger partial charge in [0.25, 0.3) is 5.91 Å². The number of methoxy groups -OCH3 is 1. The zero-order valence-corrected chi connectivity index (χ0v) is 14.0. The van der Waals surface area contributed by atoms with E-state index < -0.39 is 5.91 Å². The SMILES string of the molecule is CCOc1cccc2cc(C(=O)Nc3ccc(OC)cc3)c(=N)oc12. The Kier molecular flexibility index (Phi) is 4.70. The zero-order valence-electron chi connectivity index (χ0n) is 14.0. The number of hydrogen-bond donors (Lipinski definition) is 2. The van der Waals surface area contributed by atoms with E-state index in [-0.39, 0.29) is 11.1 Å². The molecule has 2 N–H and O–H groups in total. The Hall–Kier alpha value is -3.28. The highest BCUT2D eigenvalue weighted by atomic mass is 16.5. The molecule has 0 aliphatic rings. The van der Waals surface area contributed by atoms with Crippen molar-refractivity contribution in [3.63, 3.8) is 0 Å². The molecule has 1 heterocycles. The number of benzene rings is 2. The van der Waals surface area contributed by atoms with Crippen molar-refractivity contribution < 1.29 is 18.7 Å². The second-order valence-corrected chi connectivity index (χ2v) is 5.28. The molecule has 0 aliphatic heterocycles. The maximum atomic E-state index is 12.5. The molecule has 0 bridgehead atoms. The fourth-order valence-electron chi connectivity index (χ4n) is 2.44. The molecule has 0 unspecified atom stereocenters. The van der Waals surface area contributed by atoms with Gasteiger partial charge in [-0.3, -0.25) is 10.2 Å². The second kappa shape index (κ2) is 7.09. The van der Waals surface area contributed by atoms with Crippen LogP contribution in [-0.2, 0) is 0 Å². The Balaban J connectivity index is 1.93. The minimum Gasteiger partial charge on any atom is -0.497 e. The standard InChI is InChI=1S/C19H18N2O4/c1-3-24-16-6-4-5-12-11-15(18(20)25-17(12)16)19(22)21-13-7-9-14(23-2)10-8-13/h4-11,20H,3H2,1-2H3,(H,21,22). The fourth-order valence-corrected chi connectivity index (χ4v) is 2.44. The fraction of sp³-hybridized carbons (Fsp3) is 0.158. The third-order valence-corrected chi connectivity index (χ3v) is 3.65. The lowest BCUT2D eigenvalue weighted by Crippen LogP contribution is -2.20. The molecule has 0 fully saturated rings. The topological polar surface area (TPSA) is 84.5 Å². The lowest BCUT2D eigenvalue weighted by atomic mass is 10.1. The number of fused-ring (bicyclic) bond motifs is 1. The summed E-state index contributed by atoms with van der Waals surface area (Å²) >= 11 is 0. The molecular weight excluding hydrogens is 320 g/mol. The molecule has 0 saturated carbocycles. The van der Waals surface area contributed by atoms with Gasteiger partial charge in [-0.2, -0.15) is 0 Å². The van der Waals surface area contributed by atoms with Crippen LogP contribution in [0.4, 0.5) is 5.69 Å². The number of rotatable bonds is 5. The molecule has 0 saturated heterocycles. The summed E-state index contributed by atoms with van der Waals surface area (Å²) in [5, 5.41) is 11.5. The maximum absolute atomic E-state index is 12.5. The summed E-state index contributed by atoms with van der Waals surface area (Å²) < 4.78 is 16.1. The van der Waals surface area contributed by atoms with Gasteiger partial charge in [-0.05, 0) is 43.3 Å². The highest BCUT2D eigenvalue weighted by Crippen LogP contribution is 2.25. The molecule has 0 atom stereocenters. The van der Waals surface area contributed by atoms with Crippen LogP contribution in [0.25, 0.3) is 11.0 Å². The van der Waals surface area contributed by atoms with Crippen molar-refractivity contribution >= 4 is 22.6 Å². The van der Waals surface area contributed by atoms with Crippen LogP contribution in [0.1, 0.15) is 17.3 Å². The third kappa shape index (κ3) is 3.47. The average Bonchev–Trinajstić information content (AvgIpc) is 2.62. The van der Waals surface area contributed by atoms with E-state index in [4.69, 9.17) is 19.3 Å². The van der Waals surface area contributed by atoms with Gasteiger partial charge < -0.3 is 19.2 Å². The van der Waals surface area contributed by atoms with Gasteiger partial charge in [0.2, 0.25) is 5.55 Å². The van der Waals surface area contributed by atoms with Gasteiger partial charge in [-0.1, -0.05) is 12.1 Å². The third-order valence-electron chi connectivity index (χ3n) is 3.65. The van der Waals surface area contributed by atoms with Crippen LogP contribution < -0.4 is 20.3 Å². The Labute approximate surface area is 144 Å². The molecule has 25 heavy (non-hydrogen) atoms. The van der Waals surface area contributed by atoms with E-state index in [1.54, 1.807) is 43.5 Å². The summed E-state index contributed by atoms with van der Waals surface area (Å²) in [6, 6.07) is 14.0.